The highest BCUT2D eigenvalue weighted by molar-refractivity contribution is 5.97. The van der Waals surface area contributed by atoms with Crippen LogP contribution in [-0.4, -0.2) is 19.2 Å². The number of benzene rings is 2. The minimum Gasteiger partial charge on any atom is -0.496 e. The Kier molecular flexibility index (Phi) is 5.29. The molecule has 2 aromatic carbocycles. The van der Waals surface area contributed by atoms with Gasteiger partial charge in [0.15, 0.2) is 0 Å². The van der Waals surface area contributed by atoms with Crippen LogP contribution in [0.1, 0.15) is 15.9 Å². The quantitative estimate of drug-likeness (QED) is 0.675. The first-order chi connectivity index (χ1) is 10.3. The standard InChI is InChI=1S/C17H16N2O2/c1-21-16-12-6-5-11-15(16)17(20)19-18-13-7-10-14-8-3-2-4-9-14/h2-13H,1H3,(H,19,20)/b10-7+,18-13-. The molecule has 4 heteroatoms. The predicted molar refractivity (Wildman–Crippen MR) is 84.4 cm³/mol. The molecular weight excluding hydrogens is 264 g/mol. The summed E-state index contributed by atoms with van der Waals surface area (Å²) in [6.45, 7) is 0. The van der Waals surface area contributed by atoms with Crippen molar-refractivity contribution in [1.29, 1.82) is 0 Å². The summed E-state index contributed by atoms with van der Waals surface area (Å²) < 4.78 is 5.13. The number of hydrazone groups is 1. The summed E-state index contributed by atoms with van der Waals surface area (Å²) in [5.74, 6) is 0.210. The molecule has 106 valence electrons. The number of para-hydroxylation sites is 1. The van der Waals surface area contributed by atoms with E-state index in [1.165, 1.54) is 13.3 Å². The van der Waals surface area contributed by atoms with E-state index in [9.17, 15) is 4.79 Å². The third-order valence-corrected chi connectivity index (χ3v) is 2.77. The average Bonchev–Trinajstić information content (AvgIpc) is 2.55. The molecule has 0 heterocycles. The molecule has 0 saturated carbocycles. The molecule has 0 bridgehead atoms. The van der Waals surface area contributed by atoms with Gasteiger partial charge in [0.1, 0.15) is 5.75 Å². The molecule has 2 rings (SSSR count). The number of hydrogen-bond donors (Lipinski definition) is 1. The maximum absolute atomic E-state index is 11.9. The molecule has 0 spiro atoms. The van der Waals surface area contributed by atoms with Crippen molar-refractivity contribution in [2.45, 2.75) is 0 Å². The Morgan fingerprint density at radius 1 is 1.10 bits per heavy atom. The molecule has 0 saturated heterocycles. The number of rotatable bonds is 5. The van der Waals surface area contributed by atoms with E-state index in [4.69, 9.17) is 4.74 Å². The molecular formula is C17H16N2O2. The monoisotopic (exact) mass is 280 g/mol. The van der Waals surface area contributed by atoms with Crippen LogP contribution >= 0.6 is 0 Å². The maximum atomic E-state index is 11.9. The number of allylic oxidation sites excluding steroid dienone is 1. The fourth-order valence-electron chi connectivity index (χ4n) is 1.75. The predicted octanol–water partition coefficient (Wildman–Crippen LogP) is 3.12. The average molecular weight is 280 g/mol. The second-order valence-electron chi connectivity index (χ2n) is 4.19. The van der Waals surface area contributed by atoms with Gasteiger partial charge in [-0.05, 0) is 23.8 Å². The lowest BCUT2D eigenvalue weighted by atomic mass is 10.2. The van der Waals surface area contributed by atoms with Crippen molar-refractivity contribution in [3.63, 3.8) is 0 Å². The fraction of sp³-hybridized carbons (Fsp3) is 0.0588. The van der Waals surface area contributed by atoms with Crippen molar-refractivity contribution in [2.75, 3.05) is 7.11 Å². The van der Waals surface area contributed by atoms with Gasteiger partial charge in [0.2, 0.25) is 0 Å². The number of carbonyl (C=O) groups excluding carboxylic acids is 1. The number of methoxy groups -OCH3 is 1. The van der Waals surface area contributed by atoms with Crippen LogP contribution in [0.3, 0.4) is 0 Å². The number of nitrogens with zero attached hydrogens (tertiary/aromatic N) is 1. The summed E-state index contributed by atoms with van der Waals surface area (Å²) in [4.78, 5) is 11.9. The molecule has 0 unspecified atom stereocenters. The van der Waals surface area contributed by atoms with E-state index in [1.54, 1.807) is 24.3 Å². The van der Waals surface area contributed by atoms with Crippen LogP contribution in [0, 0.1) is 0 Å². The van der Waals surface area contributed by atoms with Crippen LogP contribution in [0.25, 0.3) is 6.08 Å². The number of nitrogens with one attached hydrogen (secondary N) is 1. The first kappa shape index (κ1) is 14.5. The van der Waals surface area contributed by atoms with Gasteiger partial charge in [-0.3, -0.25) is 4.79 Å². The number of carbonyl (C=O) groups is 1. The lowest BCUT2D eigenvalue weighted by molar-refractivity contribution is 0.0952. The van der Waals surface area contributed by atoms with E-state index in [1.807, 2.05) is 42.5 Å². The van der Waals surface area contributed by atoms with Gasteiger partial charge in [-0.15, -0.1) is 0 Å². The van der Waals surface area contributed by atoms with E-state index in [0.717, 1.165) is 5.56 Å². The van der Waals surface area contributed by atoms with E-state index in [0.29, 0.717) is 11.3 Å². The lowest BCUT2D eigenvalue weighted by Crippen LogP contribution is -2.18. The van der Waals surface area contributed by atoms with Gasteiger partial charge < -0.3 is 4.74 Å². The van der Waals surface area contributed by atoms with Crippen molar-refractivity contribution in [1.82, 2.24) is 5.43 Å². The van der Waals surface area contributed by atoms with Crippen LogP contribution < -0.4 is 10.2 Å². The van der Waals surface area contributed by atoms with Gasteiger partial charge in [0.25, 0.3) is 5.91 Å². The molecule has 21 heavy (non-hydrogen) atoms. The first-order valence-corrected chi connectivity index (χ1v) is 6.49. The highest BCUT2D eigenvalue weighted by atomic mass is 16.5. The molecule has 1 amide bonds. The minimum atomic E-state index is -0.309. The Labute approximate surface area is 123 Å². The molecule has 0 radical (unpaired) electrons. The highest BCUT2D eigenvalue weighted by Gasteiger charge is 2.09. The zero-order valence-corrected chi connectivity index (χ0v) is 11.7. The van der Waals surface area contributed by atoms with E-state index >= 15 is 0 Å². The Bertz CT molecular complexity index is 649. The zero-order chi connectivity index (χ0) is 14.9. The van der Waals surface area contributed by atoms with Crippen LogP contribution in [0.15, 0.2) is 65.8 Å². The van der Waals surface area contributed by atoms with E-state index < -0.39 is 0 Å². The molecule has 0 fully saturated rings. The summed E-state index contributed by atoms with van der Waals surface area (Å²) >= 11 is 0. The number of amides is 1. The molecule has 0 atom stereocenters. The second kappa shape index (κ2) is 7.65. The highest BCUT2D eigenvalue weighted by Crippen LogP contribution is 2.16. The van der Waals surface area contributed by atoms with Gasteiger partial charge in [0.05, 0.1) is 12.7 Å². The summed E-state index contributed by atoms with van der Waals surface area (Å²) in [6, 6.07) is 16.8. The zero-order valence-electron chi connectivity index (χ0n) is 11.7. The van der Waals surface area contributed by atoms with Crippen LogP contribution in [0.4, 0.5) is 0 Å². The summed E-state index contributed by atoms with van der Waals surface area (Å²) in [5, 5.41) is 3.87. The Morgan fingerprint density at radius 2 is 1.81 bits per heavy atom. The number of ether oxygens (including phenoxy) is 1. The molecule has 0 aliphatic rings. The Morgan fingerprint density at radius 3 is 2.57 bits per heavy atom. The first-order valence-electron chi connectivity index (χ1n) is 6.49. The van der Waals surface area contributed by atoms with Gasteiger partial charge >= 0.3 is 0 Å². The van der Waals surface area contributed by atoms with E-state index in [2.05, 4.69) is 10.5 Å². The van der Waals surface area contributed by atoms with Crippen molar-refractivity contribution >= 4 is 18.2 Å². The van der Waals surface area contributed by atoms with Gasteiger partial charge in [0, 0.05) is 6.21 Å². The van der Waals surface area contributed by atoms with Crippen molar-refractivity contribution in [3.05, 3.63) is 71.8 Å². The Balaban J connectivity index is 1.92. The van der Waals surface area contributed by atoms with Gasteiger partial charge in [-0.1, -0.05) is 48.5 Å². The lowest BCUT2D eigenvalue weighted by Gasteiger charge is -2.05. The minimum absolute atomic E-state index is 0.309. The maximum Gasteiger partial charge on any atom is 0.275 e. The van der Waals surface area contributed by atoms with Crippen LogP contribution in [-0.2, 0) is 0 Å². The number of hydrogen-bond acceptors (Lipinski definition) is 3. The molecule has 2 aromatic rings. The van der Waals surface area contributed by atoms with E-state index in [-0.39, 0.29) is 5.91 Å². The molecule has 0 aliphatic heterocycles. The largest absolute Gasteiger partial charge is 0.496 e. The Hall–Kier alpha value is -2.88. The molecule has 4 nitrogen and oxygen atoms in total. The smallest absolute Gasteiger partial charge is 0.275 e. The molecule has 0 aliphatic carbocycles. The van der Waals surface area contributed by atoms with Crippen LogP contribution in [0.2, 0.25) is 0 Å². The SMILES string of the molecule is COc1ccccc1C(=O)N/N=C\C=C\c1ccccc1. The molecule has 0 aromatic heterocycles. The van der Waals surface area contributed by atoms with Crippen molar-refractivity contribution < 1.29 is 9.53 Å². The van der Waals surface area contributed by atoms with Crippen LogP contribution in [0.5, 0.6) is 5.75 Å². The second-order valence-corrected chi connectivity index (χ2v) is 4.19. The summed E-state index contributed by atoms with van der Waals surface area (Å²) in [6.07, 6.45) is 5.19. The summed E-state index contributed by atoms with van der Waals surface area (Å²) in [7, 11) is 1.53. The third kappa shape index (κ3) is 4.31. The third-order valence-electron chi connectivity index (χ3n) is 2.77. The molecule has 1 N–H and O–H groups in total. The van der Waals surface area contributed by atoms with Gasteiger partial charge in [-0.25, -0.2) is 5.43 Å². The van der Waals surface area contributed by atoms with Crippen molar-refractivity contribution in [3.8, 4) is 5.75 Å². The summed E-state index contributed by atoms with van der Waals surface area (Å²) in [5.41, 5.74) is 3.98. The van der Waals surface area contributed by atoms with Crippen molar-refractivity contribution in [2.24, 2.45) is 5.10 Å². The topological polar surface area (TPSA) is 50.7 Å². The fourth-order valence-corrected chi connectivity index (χ4v) is 1.75. The normalized spacial score (nSPS) is 10.9. The van der Waals surface area contributed by atoms with Gasteiger partial charge in [-0.2, -0.15) is 5.10 Å².